The molecule has 0 saturated heterocycles. The van der Waals surface area contributed by atoms with E-state index in [4.69, 9.17) is 4.98 Å². The summed E-state index contributed by atoms with van der Waals surface area (Å²) >= 11 is 0. The maximum atomic E-state index is 13.4. The topological polar surface area (TPSA) is 46.1 Å². The van der Waals surface area contributed by atoms with E-state index in [0.717, 1.165) is 27.8 Å². The zero-order valence-corrected chi connectivity index (χ0v) is 17.1. The van der Waals surface area contributed by atoms with Crippen molar-refractivity contribution in [2.45, 2.75) is 13.8 Å². The number of anilines is 1. The highest BCUT2D eigenvalue weighted by molar-refractivity contribution is 6.08. The van der Waals surface area contributed by atoms with Gasteiger partial charge < -0.3 is 4.90 Å². The highest BCUT2D eigenvalue weighted by atomic mass is 16.2. The van der Waals surface area contributed by atoms with Gasteiger partial charge in [-0.15, -0.1) is 0 Å². The van der Waals surface area contributed by atoms with Crippen LogP contribution in [0.5, 0.6) is 0 Å². The molecule has 4 nitrogen and oxygen atoms in total. The average Bonchev–Trinajstić information content (AvgIpc) is 2.79. The molecule has 0 aliphatic carbocycles. The van der Waals surface area contributed by atoms with E-state index in [-0.39, 0.29) is 5.91 Å². The number of para-hydroxylation sites is 1. The minimum atomic E-state index is -0.0306. The first-order valence-electron chi connectivity index (χ1n) is 9.93. The van der Waals surface area contributed by atoms with Gasteiger partial charge in [-0.2, -0.15) is 0 Å². The molecule has 0 unspecified atom stereocenters. The number of rotatable bonds is 5. The van der Waals surface area contributed by atoms with Gasteiger partial charge in [0, 0.05) is 41.1 Å². The van der Waals surface area contributed by atoms with Crippen LogP contribution in [-0.4, -0.2) is 22.4 Å². The Labute approximate surface area is 176 Å². The number of amides is 1. The molecule has 4 heteroatoms. The predicted molar refractivity (Wildman–Crippen MR) is 123 cm³/mol. The number of pyridine rings is 2. The van der Waals surface area contributed by atoms with E-state index in [0.29, 0.717) is 12.1 Å². The third-order valence-corrected chi connectivity index (χ3v) is 4.89. The summed E-state index contributed by atoms with van der Waals surface area (Å²) in [5.74, 6) is -0.0306. The summed E-state index contributed by atoms with van der Waals surface area (Å²) in [7, 11) is 0. The Bertz CT molecular complexity index is 1200. The molecule has 0 saturated carbocycles. The van der Waals surface area contributed by atoms with Crippen molar-refractivity contribution in [3.05, 3.63) is 102 Å². The zero-order chi connectivity index (χ0) is 20.9. The second kappa shape index (κ2) is 8.70. The van der Waals surface area contributed by atoms with Gasteiger partial charge >= 0.3 is 0 Å². The van der Waals surface area contributed by atoms with Crippen molar-refractivity contribution in [2.75, 3.05) is 11.4 Å². The normalized spacial score (nSPS) is 10.6. The lowest BCUT2D eigenvalue weighted by atomic mass is 10.1. The lowest BCUT2D eigenvalue weighted by Crippen LogP contribution is -2.31. The smallest absolute Gasteiger partial charge is 0.258 e. The molecule has 1 amide bonds. The van der Waals surface area contributed by atoms with Gasteiger partial charge in [0.05, 0.1) is 11.2 Å². The molecule has 0 spiro atoms. The maximum absolute atomic E-state index is 13.4. The van der Waals surface area contributed by atoms with Gasteiger partial charge in [-0.3, -0.25) is 9.78 Å². The number of benzene rings is 2. The maximum Gasteiger partial charge on any atom is 0.258 e. The summed E-state index contributed by atoms with van der Waals surface area (Å²) in [6.45, 7) is 4.60. The third-order valence-electron chi connectivity index (χ3n) is 4.89. The summed E-state index contributed by atoms with van der Waals surface area (Å²) in [4.78, 5) is 24.1. The van der Waals surface area contributed by atoms with Gasteiger partial charge in [-0.1, -0.05) is 35.9 Å². The Hall–Kier alpha value is -3.79. The minimum absolute atomic E-state index is 0.0306. The van der Waals surface area contributed by atoms with Crippen molar-refractivity contribution >= 4 is 22.5 Å². The Morgan fingerprint density at radius 3 is 2.53 bits per heavy atom. The molecule has 0 atom stereocenters. The molecule has 0 N–H and O–H groups in total. The molecule has 0 bridgehead atoms. The summed E-state index contributed by atoms with van der Waals surface area (Å²) in [5.41, 5.74) is 5.38. The summed E-state index contributed by atoms with van der Waals surface area (Å²) in [5, 5.41) is 0.934. The number of carbonyl (C=O) groups is 1. The van der Waals surface area contributed by atoms with E-state index in [2.05, 4.69) is 11.1 Å². The number of hydrogen-bond acceptors (Lipinski definition) is 3. The van der Waals surface area contributed by atoms with Crippen LogP contribution in [0.3, 0.4) is 0 Å². The number of aromatic nitrogens is 2. The molecule has 0 radical (unpaired) electrons. The van der Waals surface area contributed by atoms with Crippen LogP contribution >= 0.6 is 0 Å². The lowest BCUT2D eigenvalue weighted by molar-refractivity contribution is 0.0990. The number of allylic oxidation sites excluding steroid dienone is 1. The molecule has 4 rings (SSSR count). The van der Waals surface area contributed by atoms with Gasteiger partial charge in [0.2, 0.25) is 0 Å². The van der Waals surface area contributed by atoms with Crippen molar-refractivity contribution in [3.63, 3.8) is 0 Å². The molecule has 2 aromatic carbocycles. The first-order valence-corrected chi connectivity index (χ1v) is 9.93. The Morgan fingerprint density at radius 1 is 0.967 bits per heavy atom. The number of fused-ring (bicyclic) bond motifs is 1. The van der Waals surface area contributed by atoms with Crippen LogP contribution in [0.4, 0.5) is 5.69 Å². The van der Waals surface area contributed by atoms with E-state index in [1.807, 2.05) is 86.6 Å². The van der Waals surface area contributed by atoms with Gasteiger partial charge in [-0.05, 0) is 62.4 Å². The molecule has 4 aromatic rings. The summed E-state index contributed by atoms with van der Waals surface area (Å²) in [6, 6.07) is 23.3. The molecule has 0 aliphatic rings. The number of hydrogen-bond donors (Lipinski definition) is 0. The van der Waals surface area contributed by atoms with Crippen molar-refractivity contribution in [1.82, 2.24) is 9.97 Å². The standard InChI is InChI=1S/C26H23N3O/c1-19(2)14-16-29(23-8-4-3-5-9-23)26(30)21-11-13-24-20(17-21)10-12-25(28-24)22-7-6-15-27-18-22/h3-15,17-18H,16H2,1-2H3. The monoisotopic (exact) mass is 393 g/mol. The van der Waals surface area contributed by atoms with E-state index >= 15 is 0 Å². The summed E-state index contributed by atoms with van der Waals surface area (Å²) in [6.07, 6.45) is 5.61. The van der Waals surface area contributed by atoms with Crippen molar-refractivity contribution < 1.29 is 4.79 Å². The molecular weight excluding hydrogens is 370 g/mol. The van der Waals surface area contributed by atoms with Gasteiger partial charge in [0.25, 0.3) is 5.91 Å². The SMILES string of the molecule is CC(C)=CCN(C(=O)c1ccc2nc(-c3cccnc3)ccc2c1)c1ccccc1. The quantitative estimate of drug-likeness (QED) is 0.396. The van der Waals surface area contributed by atoms with E-state index in [1.54, 1.807) is 17.3 Å². The lowest BCUT2D eigenvalue weighted by Gasteiger charge is -2.22. The molecule has 30 heavy (non-hydrogen) atoms. The fourth-order valence-corrected chi connectivity index (χ4v) is 3.28. The van der Waals surface area contributed by atoms with Crippen LogP contribution in [0, 0.1) is 0 Å². The second-order valence-corrected chi connectivity index (χ2v) is 7.38. The van der Waals surface area contributed by atoms with Crippen molar-refractivity contribution in [2.24, 2.45) is 0 Å². The summed E-state index contributed by atoms with van der Waals surface area (Å²) < 4.78 is 0. The third kappa shape index (κ3) is 4.28. The molecular formula is C26H23N3O. The first kappa shape index (κ1) is 19.5. The van der Waals surface area contributed by atoms with E-state index in [9.17, 15) is 4.79 Å². The second-order valence-electron chi connectivity index (χ2n) is 7.38. The Morgan fingerprint density at radius 2 is 1.80 bits per heavy atom. The van der Waals surface area contributed by atoms with Gasteiger partial charge in [0.15, 0.2) is 0 Å². The Kier molecular flexibility index (Phi) is 5.66. The predicted octanol–water partition coefficient (Wildman–Crippen LogP) is 5.91. The molecule has 0 fully saturated rings. The zero-order valence-electron chi connectivity index (χ0n) is 17.1. The van der Waals surface area contributed by atoms with Gasteiger partial charge in [-0.25, -0.2) is 4.98 Å². The molecule has 2 aromatic heterocycles. The highest BCUT2D eigenvalue weighted by Gasteiger charge is 2.17. The highest BCUT2D eigenvalue weighted by Crippen LogP contribution is 2.23. The minimum Gasteiger partial charge on any atom is -0.305 e. The van der Waals surface area contributed by atoms with Crippen LogP contribution < -0.4 is 4.90 Å². The van der Waals surface area contributed by atoms with Crippen LogP contribution in [0.15, 0.2) is 96.8 Å². The fraction of sp³-hybridized carbons (Fsp3) is 0.115. The van der Waals surface area contributed by atoms with Crippen molar-refractivity contribution in [3.8, 4) is 11.3 Å². The van der Waals surface area contributed by atoms with E-state index < -0.39 is 0 Å². The first-order chi connectivity index (χ1) is 14.6. The van der Waals surface area contributed by atoms with Crippen LogP contribution in [0.25, 0.3) is 22.2 Å². The Balaban J connectivity index is 1.68. The van der Waals surface area contributed by atoms with Crippen LogP contribution in [-0.2, 0) is 0 Å². The molecule has 148 valence electrons. The van der Waals surface area contributed by atoms with E-state index in [1.165, 1.54) is 5.57 Å². The average molecular weight is 393 g/mol. The molecule has 0 aliphatic heterocycles. The number of nitrogens with zero attached hydrogens (tertiary/aromatic N) is 3. The van der Waals surface area contributed by atoms with Gasteiger partial charge in [0.1, 0.15) is 0 Å². The van der Waals surface area contributed by atoms with Crippen LogP contribution in [0.1, 0.15) is 24.2 Å². The molecule has 2 heterocycles. The van der Waals surface area contributed by atoms with Crippen LogP contribution in [0.2, 0.25) is 0 Å². The number of carbonyl (C=O) groups excluding carboxylic acids is 1. The largest absolute Gasteiger partial charge is 0.305 e. The fourth-order valence-electron chi connectivity index (χ4n) is 3.28. The van der Waals surface area contributed by atoms with Crippen molar-refractivity contribution in [1.29, 1.82) is 0 Å².